The Labute approximate surface area is 143 Å². The summed E-state index contributed by atoms with van der Waals surface area (Å²) in [5.74, 6) is -0.158. The van der Waals surface area contributed by atoms with Gasteiger partial charge < -0.3 is 10.1 Å². The number of aromatic nitrogens is 2. The standard InChI is InChI=1S/C17H20F3N3O2/c1-3-8-25-15-6-5-13(17(18,19)20)9-14(15)22-16(24)7-4-12-10-21-23(2)11-12/h5-6,9-11H,3-4,7-8H2,1-2H3,(H,22,24). The summed E-state index contributed by atoms with van der Waals surface area (Å²) < 4.78 is 45.7. The Hall–Kier alpha value is -2.51. The van der Waals surface area contributed by atoms with Gasteiger partial charge in [0.2, 0.25) is 5.91 Å². The van der Waals surface area contributed by atoms with E-state index in [-0.39, 0.29) is 23.8 Å². The number of alkyl halides is 3. The van der Waals surface area contributed by atoms with Gasteiger partial charge in [0.1, 0.15) is 5.75 Å². The fourth-order valence-corrected chi connectivity index (χ4v) is 2.21. The lowest BCUT2D eigenvalue weighted by molar-refractivity contribution is -0.137. The van der Waals surface area contributed by atoms with Gasteiger partial charge in [-0.3, -0.25) is 9.48 Å². The van der Waals surface area contributed by atoms with Gasteiger partial charge in [0.05, 0.1) is 24.1 Å². The molecule has 1 heterocycles. The molecule has 0 aliphatic heterocycles. The van der Waals surface area contributed by atoms with Gasteiger partial charge in [-0.1, -0.05) is 6.92 Å². The van der Waals surface area contributed by atoms with Crippen molar-refractivity contribution in [3.63, 3.8) is 0 Å². The van der Waals surface area contributed by atoms with Crippen molar-refractivity contribution in [3.05, 3.63) is 41.7 Å². The third-order valence-corrected chi connectivity index (χ3v) is 3.44. The molecule has 8 heteroatoms. The van der Waals surface area contributed by atoms with E-state index in [1.807, 2.05) is 6.92 Å². The van der Waals surface area contributed by atoms with Crippen molar-refractivity contribution < 1.29 is 22.7 Å². The molecule has 0 unspecified atom stereocenters. The number of nitrogens with one attached hydrogen (secondary N) is 1. The molecule has 0 radical (unpaired) electrons. The molecule has 1 aromatic carbocycles. The maximum atomic E-state index is 12.9. The molecule has 0 aliphatic rings. The van der Waals surface area contributed by atoms with Gasteiger partial charge in [-0.05, 0) is 36.6 Å². The van der Waals surface area contributed by atoms with E-state index in [2.05, 4.69) is 10.4 Å². The first-order valence-electron chi connectivity index (χ1n) is 7.91. The van der Waals surface area contributed by atoms with Crippen LogP contribution in [-0.4, -0.2) is 22.3 Å². The lowest BCUT2D eigenvalue weighted by Crippen LogP contribution is -2.15. The summed E-state index contributed by atoms with van der Waals surface area (Å²) in [6.07, 6.45) is 0.230. The maximum Gasteiger partial charge on any atom is 0.416 e. The molecule has 0 spiro atoms. The van der Waals surface area contributed by atoms with Crippen LogP contribution in [0.25, 0.3) is 0 Å². The van der Waals surface area contributed by atoms with Gasteiger partial charge in [-0.25, -0.2) is 0 Å². The first-order chi connectivity index (χ1) is 11.8. The number of aryl methyl sites for hydroxylation is 2. The number of anilines is 1. The van der Waals surface area contributed by atoms with Crippen molar-refractivity contribution in [1.29, 1.82) is 0 Å². The van der Waals surface area contributed by atoms with E-state index < -0.39 is 11.7 Å². The Morgan fingerprint density at radius 1 is 1.36 bits per heavy atom. The van der Waals surface area contributed by atoms with E-state index in [4.69, 9.17) is 4.74 Å². The van der Waals surface area contributed by atoms with Crippen molar-refractivity contribution in [3.8, 4) is 5.75 Å². The molecule has 0 bridgehead atoms. The molecule has 25 heavy (non-hydrogen) atoms. The molecule has 0 atom stereocenters. The number of hydrogen-bond acceptors (Lipinski definition) is 3. The van der Waals surface area contributed by atoms with Crippen LogP contribution in [0.2, 0.25) is 0 Å². The summed E-state index contributed by atoms with van der Waals surface area (Å²) in [6, 6.07) is 3.07. The van der Waals surface area contributed by atoms with Crippen molar-refractivity contribution in [1.82, 2.24) is 9.78 Å². The van der Waals surface area contributed by atoms with Crippen LogP contribution in [0.1, 0.15) is 30.9 Å². The molecular weight excluding hydrogens is 335 g/mol. The molecule has 0 saturated heterocycles. The van der Waals surface area contributed by atoms with Gasteiger partial charge in [-0.2, -0.15) is 18.3 Å². The van der Waals surface area contributed by atoms with Gasteiger partial charge in [0.25, 0.3) is 0 Å². The second-order valence-electron chi connectivity index (χ2n) is 5.63. The number of ether oxygens (including phenoxy) is 1. The molecular formula is C17H20F3N3O2. The third-order valence-electron chi connectivity index (χ3n) is 3.44. The lowest BCUT2D eigenvalue weighted by Gasteiger charge is -2.15. The van der Waals surface area contributed by atoms with Gasteiger partial charge in [0, 0.05) is 19.7 Å². The molecule has 2 aromatic rings. The number of carbonyl (C=O) groups excluding carboxylic acids is 1. The molecule has 1 N–H and O–H groups in total. The predicted molar refractivity (Wildman–Crippen MR) is 87.4 cm³/mol. The number of amides is 1. The summed E-state index contributed by atoms with van der Waals surface area (Å²) in [6.45, 7) is 2.24. The Morgan fingerprint density at radius 2 is 2.12 bits per heavy atom. The molecule has 5 nitrogen and oxygen atoms in total. The van der Waals surface area contributed by atoms with E-state index in [0.717, 1.165) is 17.7 Å². The molecule has 2 rings (SSSR count). The largest absolute Gasteiger partial charge is 0.491 e. The fourth-order valence-electron chi connectivity index (χ4n) is 2.21. The Morgan fingerprint density at radius 3 is 2.72 bits per heavy atom. The van der Waals surface area contributed by atoms with Crippen LogP contribution < -0.4 is 10.1 Å². The molecule has 0 fully saturated rings. The molecule has 1 amide bonds. The minimum Gasteiger partial charge on any atom is -0.491 e. The molecule has 0 aliphatic carbocycles. The number of halogens is 3. The van der Waals surface area contributed by atoms with Crippen LogP contribution in [0.5, 0.6) is 5.75 Å². The summed E-state index contributed by atoms with van der Waals surface area (Å²) in [7, 11) is 1.77. The highest BCUT2D eigenvalue weighted by molar-refractivity contribution is 5.92. The number of benzene rings is 1. The van der Waals surface area contributed by atoms with Gasteiger partial charge >= 0.3 is 6.18 Å². The average molecular weight is 355 g/mol. The van der Waals surface area contributed by atoms with Gasteiger partial charge in [0.15, 0.2) is 0 Å². The third kappa shape index (κ3) is 5.51. The SMILES string of the molecule is CCCOc1ccc(C(F)(F)F)cc1NC(=O)CCc1cnn(C)c1. The monoisotopic (exact) mass is 355 g/mol. The summed E-state index contributed by atoms with van der Waals surface area (Å²) >= 11 is 0. The quantitative estimate of drug-likeness (QED) is 0.822. The van der Waals surface area contributed by atoms with Crippen LogP contribution in [-0.2, 0) is 24.4 Å². The van der Waals surface area contributed by atoms with Crippen molar-refractivity contribution in [2.45, 2.75) is 32.4 Å². The number of rotatable bonds is 7. The Kier molecular flexibility index (Phi) is 6.06. The highest BCUT2D eigenvalue weighted by Gasteiger charge is 2.31. The van der Waals surface area contributed by atoms with Crippen LogP contribution >= 0.6 is 0 Å². The minimum absolute atomic E-state index is 0.0273. The summed E-state index contributed by atoms with van der Waals surface area (Å²) in [5, 5.41) is 6.52. The molecule has 136 valence electrons. The minimum atomic E-state index is -4.49. The highest BCUT2D eigenvalue weighted by atomic mass is 19.4. The Balaban J connectivity index is 2.09. The average Bonchev–Trinajstić information content (AvgIpc) is 2.96. The van der Waals surface area contributed by atoms with Gasteiger partial charge in [-0.15, -0.1) is 0 Å². The predicted octanol–water partition coefficient (Wildman–Crippen LogP) is 3.80. The van der Waals surface area contributed by atoms with E-state index in [0.29, 0.717) is 19.4 Å². The van der Waals surface area contributed by atoms with Crippen LogP contribution in [0, 0.1) is 0 Å². The lowest BCUT2D eigenvalue weighted by atomic mass is 10.1. The van der Waals surface area contributed by atoms with Crippen molar-refractivity contribution >= 4 is 11.6 Å². The zero-order valence-electron chi connectivity index (χ0n) is 14.1. The first-order valence-corrected chi connectivity index (χ1v) is 7.91. The topological polar surface area (TPSA) is 56.1 Å². The second-order valence-corrected chi connectivity index (χ2v) is 5.63. The summed E-state index contributed by atoms with van der Waals surface area (Å²) in [5.41, 5.74) is 0.0718. The molecule has 0 saturated carbocycles. The van der Waals surface area contributed by atoms with E-state index in [1.165, 1.54) is 6.07 Å². The fraction of sp³-hybridized carbons (Fsp3) is 0.412. The number of hydrogen-bond donors (Lipinski definition) is 1. The number of carbonyl (C=O) groups is 1. The highest BCUT2D eigenvalue weighted by Crippen LogP contribution is 2.35. The van der Waals surface area contributed by atoms with E-state index in [9.17, 15) is 18.0 Å². The van der Waals surface area contributed by atoms with E-state index in [1.54, 1.807) is 24.1 Å². The molecule has 1 aromatic heterocycles. The zero-order chi connectivity index (χ0) is 18.4. The van der Waals surface area contributed by atoms with Crippen LogP contribution in [0.3, 0.4) is 0 Å². The Bertz CT molecular complexity index is 726. The first kappa shape index (κ1) is 18.8. The van der Waals surface area contributed by atoms with Crippen molar-refractivity contribution in [2.24, 2.45) is 7.05 Å². The second kappa shape index (κ2) is 8.04. The zero-order valence-corrected chi connectivity index (χ0v) is 14.1. The van der Waals surface area contributed by atoms with Crippen LogP contribution in [0.15, 0.2) is 30.6 Å². The van der Waals surface area contributed by atoms with Crippen molar-refractivity contribution in [2.75, 3.05) is 11.9 Å². The van der Waals surface area contributed by atoms with E-state index >= 15 is 0 Å². The number of nitrogens with zero attached hydrogens (tertiary/aromatic N) is 2. The normalized spacial score (nSPS) is 11.4. The smallest absolute Gasteiger partial charge is 0.416 e. The van der Waals surface area contributed by atoms with Crippen LogP contribution in [0.4, 0.5) is 18.9 Å². The maximum absolute atomic E-state index is 12.9. The summed E-state index contributed by atoms with van der Waals surface area (Å²) in [4.78, 5) is 12.1.